The van der Waals surface area contributed by atoms with Gasteiger partial charge in [-0.05, 0) is 58.0 Å². The number of rotatable bonds is 5. The summed E-state index contributed by atoms with van der Waals surface area (Å²) >= 11 is 0. The molecule has 148 valence electrons. The Morgan fingerprint density at radius 1 is 1.41 bits per heavy atom. The molecule has 2 N–H and O–H groups in total. The van der Waals surface area contributed by atoms with Gasteiger partial charge in [0.2, 0.25) is 11.8 Å². The minimum atomic E-state index is -0.456. The third-order valence-electron chi connectivity index (χ3n) is 6.05. The minimum Gasteiger partial charge on any atom is -0.391 e. The number of anilines is 1. The van der Waals surface area contributed by atoms with E-state index in [2.05, 4.69) is 15.4 Å². The topological polar surface area (TPSA) is 98.9 Å². The van der Waals surface area contributed by atoms with Gasteiger partial charge in [-0.3, -0.25) is 14.5 Å². The smallest absolute Gasteiger partial charge is 0.239 e. The average Bonchev–Trinajstić information content (AvgIpc) is 3.35. The van der Waals surface area contributed by atoms with Crippen molar-refractivity contribution in [3.63, 3.8) is 0 Å². The van der Waals surface area contributed by atoms with Crippen molar-refractivity contribution < 1.29 is 19.2 Å². The maximum absolute atomic E-state index is 13.1. The third kappa shape index (κ3) is 4.16. The van der Waals surface area contributed by atoms with Gasteiger partial charge in [0.15, 0.2) is 5.82 Å². The van der Waals surface area contributed by atoms with Crippen LogP contribution in [0.25, 0.3) is 0 Å². The van der Waals surface area contributed by atoms with Gasteiger partial charge in [0, 0.05) is 19.2 Å². The van der Waals surface area contributed by atoms with Crippen molar-refractivity contribution in [2.75, 3.05) is 38.0 Å². The number of aliphatic hydroxyl groups is 1. The number of nitrogens with zero attached hydrogens (tertiary/aromatic N) is 3. The van der Waals surface area contributed by atoms with E-state index in [1.165, 1.54) is 12.8 Å². The first-order chi connectivity index (χ1) is 12.9. The monoisotopic (exact) mass is 376 g/mol. The van der Waals surface area contributed by atoms with E-state index in [1.54, 1.807) is 13.0 Å². The molecule has 2 amide bonds. The lowest BCUT2D eigenvalue weighted by Gasteiger charge is -2.47. The summed E-state index contributed by atoms with van der Waals surface area (Å²) in [6.45, 7) is 4.67. The van der Waals surface area contributed by atoms with Crippen molar-refractivity contribution in [1.82, 2.24) is 15.0 Å². The largest absolute Gasteiger partial charge is 0.391 e. The molecule has 1 spiro atoms. The Morgan fingerprint density at radius 2 is 2.15 bits per heavy atom. The molecular weight excluding hydrogens is 348 g/mol. The molecule has 3 fully saturated rings. The van der Waals surface area contributed by atoms with Crippen LogP contribution in [0.3, 0.4) is 0 Å². The molecule has 1 atom stereocenters. The molecule has 1 aliphatic carbocycles. The van der Waals surface area contributed by atoms with Crippen molar-refractivity contribution in [2.45, 2.75) is 45.1 Å². The Bertz CT molecular complexity index is 704. The van der Waals surface area contributed by atoms with Gasteiger partial charge in [-0.1, -0.05) is 5.16 Å². The van der Waals surface area contributed by atoms with Crippen LogP contribution in [0.2, 0.25) is 0 Å². The predicted molar refractivity (Wildman–Crippen MR) is 97.9 cm³/mol. The second-order valence-corrected chi connectivity index (χ2v) is 8.44. The molecule has 3 heterocycles. The van der Waals surface area contributed by atoms with Crippen LogP contribution in [0.4, 0.5) is 5.82 Å². The van der Waals surface area contributed by atoms with Gasteiger partial charge in [-0.2, -0.15) is 0 Å². The van der Waals surface area contributed by atoms with Crippen molar-refractivity contribution in [2.24, 2.45) is 11.3 Å². The molecule has 1 aromatic rings. The summed E-state index contributed by atoms with van der Waals surface area (Å²) in [5, 5.41) is 16.8. The molecule has 1 saturated carbocycles. The first kappa shape index (κ1) is 18.4. The number of hydrogen-bond donors (Lipinski definition) is 2. The van der Waals surface area contributed by atoms with Crippen LogP contribution >= 0.6 is 0 Å². The zero-order valence-electron chi connectivity index (χ0n) is 15.8. The van der Waals surface area contributed by atoms with E-state index in [4.69, 9.17) is 4.52 Å². The number of likely N-dealkylation sites (tertiary alicyclic amines) is 2. The molecule has 2 aliphatic heterocycles. The number of carbonyl (C=O) groups excluding carboxylic acids is 2. The van der Waals surface area contributed by atoms with Gasteiger partial charge in [-0.15, -0.1) is 0 Å². The van der Waals surface area contributed by atoms with E-state index in [1.807, 2.05) is 4.90 Å². The van der Waals surface area contributed by atoms with E-state index >= 15 is 0 Å². The van der Waals surface area contributed by atoms with Crippen molar-refractivity contribution in [3.05, 3.63) is 11.8 Å². The summed E-state index contributed by atoms with van der Waals surface area (Å²) in [6.07, 6.45) is 3.89. The summed E-state index contributed by atoms with van der Waals surface area (Å²) in [5.41, 5.74) is -0.456. The quantitative estimate of drug-likeness (QED) is 0.796. The zero-order chi connectivity index (χ0) is 19.0. The van der Waals surface area contributed by atoms with Crippen LogP contribution in [-0.2, 0) is 9.59 Å². The molecule has 2 saturated heterocycles. The molecular formula is C19H28N4O4. The number of aliphatic hydroxyl groups excluding tert-OH is 1. The van der Waals surface area contributed by atoms with Gasteiger partial charge < -0.3 is 19.8 Å². The molecule has 27 heavy (non-hydrogen) atoms. The second kappa shape index (κ2) is 7.24. The van der Waals surface area contributed by atoms with Gasteiger partial charge in [0.05, 0.1) is 18.1 Å². The van der Waals surface area contributed by atoms with Gasteiger partial charge >= 0.3 is 0 Å². The molecule has 3 aliphatic rings. The number of hydrogen-bond acceptors (Lipinski definition) is 6. The fourth-order valence-corrected chi connectivity index (χ4v) is 4.41. The summed E-state index contributed by atoms with van der Waals surface area (Å²) in [5.74, 6) is 1.77. The fourth-order valence-electron chi connectivity index (χ4n) is 4.41. The Balaban J connectivity index is 1.31. The van der Waals surface area contributed by atoms with Crippen LogP contribution in [0, 0.1) is 18.3 Å². The van der Waals surface area contributed by atoms with Crippen LogP contribution in [-0.4, -0.2) is 70.7 Å². The van der Waals surface area contributed by atoms with Gasteiger partial charge in [0.1, 0.15) is 5.76 Å². The van der Waals surface area contributed by atoms with E-state index in [0.29, 0.717) is 56.4 Å². The summed E-state index contributed by atoms with van der Waals surface area (Å²) < 4.78 is 4.95. The maximum Gasteiger partial charge on any atom is 0.239 e. The highest BCUT2D eigenvalue weighted by Gasteiger charge is 2.49. The molecule has 1 unspecified atom stereocenters. The van der Waals surface area contributed by atoms with E-state index < -0.39 is 11.5 Å². The lowest BCUT2D eigenvalue weighted by atomic mass is 9.71. The lowest BCUT2D eigenvalue weighted by molar-refractivity contribution is -0.156. The molecule has 0 aromatic carbocycles. The van der Waals surface area contributed by atoms with Crippen LogP contribution in [0.5, 0.6) is 0 Å². The fraction of sp³-hybridized carbons (Fsp3) is 0.737. The van der Waals surface area contributed by atoms with Crippen LogP contribution in [0.1, 0.15) is 37.9 Å². The molecule has 8 nitrogen and oxygen atoms in total. The number of piperidine rings is 2. The Morgan fingerprint density at radius 3 is 2.78 bits per heavy atom. The first-order valence-corrected chi connectivity index (χ1v) is 9.86. The number of nitrogens with one attached hydrogen (secondary N) is 1. The van der Waals surface area contributed by atoms with Crippen molar-refractivity contribution in [3.8, 4) is 0 Å². The molecule has 0 bridgehead atoms. The molecule has 4 rings (SSSR count). The Labute approximate surface area is 158 Å². The highest BCUT2D eigenvalue weighted by Crippen LogP contribution is 2.42. The number of amides is 2. The number of carbonyl (C=O) groups is 2. The molecule has 0 radical (unpaired) electrons. The van der Waals surface area contributed by atoms with Gasteiger partial charge in [0.25, 0.3) is 0 Å². The second-order valence-electron chi connectivity index (χ2n) is 8.44. The molecule has 1 aromatic heterocycles. The third-order valence-corrected chi connectivity index (χ3v) is 6.05. The average molecular weight is 376 g/mol. The number of aromatic nitrogens is 1. The highest BCUT2D eigenvalue weighted by molar-refractivity contribution is 5.91. The van der Waals surface area contributed by atoms with E-state index in [9.17, 15) is 14.7 Å². The maximum atomic E-state index is 13.1. The highest BCUT2D eigenvalue weighted by atomic mass is 16.5. The number of aryl methyl sites for hydroxylation is 1. The van der Waals surface area contributed by atoms with Crippen LogP contribution < -0.4 is 5.32 Å². The normalized spacial score (nSPS) is 25.8. The number of β-amino-alcohol motifs (C(OH)–C–C–N with tert-alkyl or cyclic N) is 1. The summed E-state index contributed by atoms with van der Waals surface area (Å²) in [6, 6.07) is 1.68. The first-order valence-electron chi connectivity index (χ1n) is 9.86. The SMILES string of the molecule is Cc1cc(NC(=O)CN2CCC3(CC2)CC(O)CN(CC2CC2)C3=O)no1. The van der Waals surface area contributed by atoms with Crippen LogP contribution in [0.15, 0.2) is 10.6 Å². The Hall–Kier alpha value is -1.93. The standard InChI is InChI=1S/C19H28N4O4/c1-13-8-16(21-27-13)20-17(25)12-22-6-4-19(5-7-22)9-15(24)11-23(18(19)26)10-14-2-3-14/h8,14-15,24H,2-7,9-12H2,1H3,(H,20,21,25). The lowest BCUT2D eigenvalue weighted by Crippen LogP contribution is -2.58. The van der Waals surface area contributed by atoms with E-state index in [-0.39, 0.29) is 18.4 Å². The van der Waals surface area contributed by atoms with Crippen molar-refractivity contribution in [1.29, 1.82) is 0 Å². The summed E-state index contributed by atoms with van der Waals surface area (Å²) in [7, 11) is 0. The van der Waals surface area contributed by atoms with E-state index in [0.717, 1.165) is 6.54 Å². The zero-order valence-corrected chi connectivity index (χ0v) is 15.8. The summed E-state index contributed by atoms with van der Waals surface area (Å²) in [4.78, 5) is 29.2. The predicted octanol–water partition coefficient (Wildman–Crippen LogP) is 1.01. The minimum absolute atomic E-state index is 0.135. The molecule has 8 heteroatoms. The Kier molecular flexibility index (Phi) is 4.94. The van der Waals surface area contributed by atoms with Gasteiger partial charge in [-0.25, -0.2) is 0 Å². The van der Waals surface area contributed by atoms with Crippen molar-refractivity contribution >= 4 is 17.6 Å².